The predicted octanol–water partition coefficient (Wildman–Crippen LogP) is 2.95. The Labute approximate surface area is 161 Å². The molecule has 6 heteroatoms. The number of benzene rings is 2. The molecule has 0 radical (unpaired) electrons. The minimum Gasteiger partial charge on any atom is -0.345 e. The molecule has 1 atom stereocenters. The summed E-state index contributed by atoms with van der Waals surface area (Å²) in [5.41, 5.74) is 2.01. The van der Waals surface area contributed by atoms with Crippen molar-refractivity contribution in [3.05, 3.63) is 71.8 Å². The highest BCUT2D eigenvalue weighted by Crippen LogP contribution is 2.25. The molecular weight excluding hydrogens is 360 g/mol. The Balaban J connectivity index is 1.79. The van der Waals surface area contributed by atoms with Crippen LogP contribution in [0.2, 0.25) is 0 Å². The van der Waals surface area contributed by atoms with Crippen LogP contribution < -0.4 is 5.32 Å². The number of nitrogens with one attached hydrogen (secondary N) is 1. The van der Waals surface area contributed by atoms with Gasteiger partial charge in [0.15, 0.2) is 0 Å². The molecule has 144 valence electrons. The van der Waals surface area contributed by atoms with E-state index in [9.17, 15) is 13.2 Å². The van der Waals surface area contributed by atoms with Crippen LogP contribution in [0.15, 0.2) is 60.7 Å². The summed E-state index contributed by atoms with van der Waals surface area (Å²) in [6.07, 6.45) is 1.41. The number of piperidine rings is 1. The lowest BCUT2D eigenvalue weighted by Crippen LogP contribution is -2.46. The van der Waals surface area contributed by atoms with Crippen molar-refractivity contribution < 1.29 is 13.2 Å². The van der Waals surface area contributed by atoms with Crippen molar-refractivity contribution in [2.45, 2.75) is 25.8 Å². The van der Waals surface area contributed by atoms with Gasteiger partial charge in [-0.1, -0.05) is 60.7 Å². The monoisotopic (exact) mass is 386 g/mol. The van der Waals surface area contributed by atoms with E-state index in [1.807, 2.05) is 60.7 Å². The van der Waals surface area contributed by atoms with Gasteiger partial charge in [-0.25, -0.2) is 12.7 Å². The second-order valence-corrected chi connectivity index (χ2v) is 9.12. The topological polar surface area (TPSA) is 66.5 Å². The van der Waals surface area contributed by atoms with Gasteiger partial charge in [-0.05, 0) is 30.9 Å². The second kappa shape index (κ2) is 8.67. The zero-order valence-corrected chi connectivity index (χ0v) is 16.4. The minimum absolute atomic E-state index is 0.0675. The minimum atomic E-state index is -3.27. The molecule has 2 aromatic rings. The standard InChI is InChI=1S/C21H26N2O3S/c1-2-27(25,26)23-15-9-14-19(16-23)21(24)22-20(17-10-5-3-6-11-17)18-12-7-4-8-13-18/h3-8,10-13,19-20H,2,9,14-16H2,1H3,(H,22,24). The fourth-order valence-electron chi connectivity index (χ4n) is 3.50. The maximum absolute atomic E-state index is 13.0. The fraction of sp³-hybridized carbons (Fsp3) is 0.381. The summed E-state index contributed by atoms with van der Waals surface area (Å²) >= 11 is 0. The zero-order valence-electron chi connectivity index (χ0n) is 15.5. The van der Waals surface area contributed by atoms with Gasteiger partial charge in [-0.3, -0.25) is 4.79 Å². The summed E-state index contributed by atoms with van der Waals surface area (Å²) in [6, 6.07) is 19.4. The average Bonchev–Trinajstić information content (AvgIpc) is 2.73. The summed E-state index contributed by atoms with van der Waals surface area (Å²) in [4.78, 5) is 13.0. The first kappa shape index (κ1) is 19.6. The van der Waals surface area contributed by atoms with E-state index in [2.05, 4.69) is 5.32 Å². The van der Waals surface area contributed by atoms with Crippen molar-refractivity contribution in [1.82, 2.24) is 9.62 Å². The molecule has 1 aliphatic rings. The third-order valence-electron chi connectivity index (χ3n) is 5.07. The van der Waals surface area contributed by atoms with Crippen molar-refractivity contribution in [3.8, 4) is 0 Å². The number of nitrogens with zero attached hydrogens (tertiary/aromatic N) is 1. The Bertz CT molecular complexity index is 814. The molecule has 1 unspecified atom stereocenters. The Hall–Kier alpha value is -2.18. The summed E-state index contributed by atoms with van der Waals surface area (Å²) in [6.45, 7) is 2.40. The van der Waals surface area contributed by atoms with Crippen molar-refractivity contribution in [2.75, 3.05) is 18.8 Å². The summed E-state index contributed by atoms with van der Waals surface area (Å²) in [7, 11) is -3.27. The number of amides is 1. The number of carbonyl (C=O) groups is 1. The molecule has 0 aromatic heterocycles. The molecule has 3 rings (SSSR count). The summed E-state index contributed by atoms with van der Waals surface area (Å²) < 4.78 is 25.8. The smallest absolute Gasteiger partial charge is 0.225 e. The molecular formula is C21H26N2O3S. The zero-order chi connectivity index (χ0) is 19.3. The maximum Gasteiger partial charge on any atom is 0.225 e. The lowest BCUT2D eigenvalue weighted by Gasteiger charge is -2.32. The van der Waals surface area contributed by atoms with E-state index < -0.39 is 10.0 Å². The summed E-state index contributed by atoms with van der Waals surface area (Å²) in [5.74, 6) is -0.350. The van der Waals surface area contributed by atoms with Crippen LogP contribution in [-0.4, -0.2) is 37.5 Å². The Morgan fingerprint density at radius 3 is 2.15 bits per heavy atom. The highest BCUT2D eigenvalue weighted by Gasteiger charge is 2.32. The Morgan fingerprint density at radius 1 is 1.07 bits per heavy atom. The molecule has 2 aromatic carbocycles. The lowest BCUT2D eigenvalue weighted by atomic mass is 9.95. The van der Waals surface area contributed by atoms with Gasteiger partial charge < -0.3 is 5.32 Å². The molecule has 1 aliphatic heterocycles. The van der Waals surface area contributed by atoms with Crippen molar-refractivity contribution in [1.29, 1.82) is 0 Å². The van der Waals surface area contributed by atoms with Gasteiger partial charge in [0.25, 0.3) is 0 Å². The van der Waals surface area contributed by atoms with Gasteiger partial charge in [0.05, 0.1) is 17.7 Å². The van der Waals surface area contributed by atoms with E-state index in [-0.39, 0.29) is 30.2 Å². The third-order valence-corrected chi connectivity index (χ3v) is 6.91. The van der Waals surface area contributed by atoms with Gasteiger partial charge in [0.2, 0.25) is 15.9 Å². The number of sulfonamides is 1. The molecule has 0 bridgehead atoms. The summed E-state index contributed by atoms with van der Waals surface area (Å²) in [5, 5.41) is 3.15. The van der Waals surface area contributed by atoms with E-state index >= 15 is 0 Å². The van der Waals surface area contributed by atoms with E-state index in [4.69, 9.17) is 0 Å². The van der Waals surface area contributed by atoms with Crippen LogP contribution in [-0.2, 0) is 14.8 Å². The lowest BCUT2D eigenvalue weighted by molar-refractivity contribution is -0.126. The van der Waals surface area contributed by atoms with Crippen LogP contribution >= 0.6 is 0 Å². The first-order valence-electron chi connectivity index (χ1n) is 9.39. The van der Waals surface area contributed by atoms with Gasteiger partial charge in [-0.15, -0.1) is 0 Å². The van der Waals surface area contributed by atoms with Crippen LogP contribution in [0.1, 0.15) is 36.9 Å². The highest BCUT2D eigenvalue weighted by atomic mass is 32.2. The maximum atomic E-state index is 13.0. The Kier molecular flexibility index (Phi) is 6.29. The first-order valence-corrected chi connectivity index (χ1v) is 11.0. The van der Waals surface area contributed by atoms with Crippen molar-refractivity contribution in [2.24, 2.45) is 5.92 Å². The molecule has 0 saturated carbocycles. The van der Waals surface area contributed by atoms with Gasteiger partial charge in [0, 0.05) is 13.1 Å². The number of hydrogen-bond acceptors (Lipinski definition) is 3. The average molecular weight is 387 g/mol. The van der Waals surface area contributed by atoms with Gasteiger partial charge in [-0.2, -0.15) is 0 Å². The number of rotatable bonds is 6. The molecule has 1 heterocycles. The first-order chi connectivity index (χ1) is 13.0. The largest absolute Gasteiger partial charge is 0.345 e. The van der Waals surface area contributed by atoms with Crippen molar-refractivity contribution in [3.63, 3.8) is 0 Å². The van der Waals surface area contributed by atoms with Gasteiger partial charge in [0.1, 0.15) is 0 Å². The van der Waals surface area contributed by atoms with E-state index in [0.29, 0.717) is 19.4 Å². The molecule has 5 nitrogen and oxygen atoms in total. The van der Waals surface area contributed by atoms with Crippen LogP contribution in [0, 0.1) is 5.92 Å². The molecule has 1 fully saturated rings. The second-order valence-electron chi connectivity index (χ2n) is 6.86. The molecule has 0 aliphatic carbocycles. The van der Waals surface area contributed by atoms with Gasteiger partial charge >= 0.3 is 0 Å². The third kappa shape index (κ3) is 4.76. The molecule has 27 heavy (non-hydrogen) atoms. The number of hydrogen-bond donors (Lipinski definition) is 1. The molecule has 1 N–H and O–H groups in total. The highest BCUT2D eigenvalue weighted by molar-refractivity contribution is 7.89. The van der Waals surface area contributed by atoms with Crippen LogP contribution in [0.4, 0.5) is 0 Å². The van der Waals surface area contributed by atoms with Crippen molar-refractivity contribution >= 4 is 15.9 Å². The Morgan fingerprint density at radius 2 is 1.63 bits per heavy atom. The SMILES string of the molecule is CCS(=O)(=O)N1CCCC(C(=O)NC(c2ccccc2)c2ccccc2)C1. The predicted molar refractivity (Wildman–Crippen MR) is 107 cm³/mol. The fourth-order valence-corrected chi connectivity index (χ4v) is 4.68. The molecule has 0 spiro atoms. The number of carbonyl (C=O) groups excluding carboxylic acids is 1. The van der Waals surface area contributed by atoms with E-state index in [0.717, 1.165) is 11.1 Å². The van der Waals surface area contributed by atoms with E-state index in [1.165, 1.54) is 4.31 Å². The normalized spacial score (nSPS) is 18.4. The quantitative estimate of drug-likeness (QED) is 0.830. The van der Waals surface area contributed by atoms with Crippen LogP contribution in [0.5, 0.6) is 0 Å². The molecule has 1 amide bonds. The van der Waals surface area contributed by atoms with Crippen LogP contribution in [0.3, 0.4) is 0 Å². The van der Waals surface area contributed by atoms with Crippen LogP contribution in [0.25, 0.3) is 0 Å². The van der Waals surface area contributed by atoms with E-state index in [1.54, 1.807) is 6.92 Å². The molecule has 1 saturated heterocycles.